The molecule has 2 unspecified atom stereocenters. The minimum Gasteiger partial charge on any atom is -0.396 e. The highest BCUT2D eigenvalue weighted by atomic mass is 79.9. The highest BCUT2D eigenvalue weighted by Crippen LogP contribution is 2.27. The molecule has 110 valence electrons. The Morgan fingerprint density at radius 3 is 2.75 bits per heavy atom. The van der Waals surface area contributed by atoms with Crippen molar-refractivity contribution in [2.75, 3.05) is 12.8 Å². The van der Waals surface area contributed by atoms with E-state index in [1.54, 1.807) is 7.05 Å². The molecule has 0 heterocycles. The molecule has 0 spiro atoms. The third-order valence-electron chi connectivity index (χ3n) is 3.83. The lowest BCUT2D eigenvalue weighted by Gasteiger charge is -2.35. The molecule has 0 aromatic heterocycles. The zero-order chi connectivity index (χ0) is 14.9. The number of carbonyl (C=O) groups is 1. The second kappa shape index (κ2) is 6.10. The Morgan fingerprint density at radius 2 is 2.10 bits per heavy atom. The lowest BCUT2D eigenvalue weighted by atomic mass is 9.91. The topological polar surface area (TPSA) is 66.6 Å². The average Bonchev–Trinajstić information content (AvgIpc) is 2.42. The summed E-state index contributed by atoms with van der Waals surface area (Å²) in [4.78, 5) is 14.0. The van der Waals surface area contributed by atoms with Crippen LogP contribution in [0, 0.1) is 5.82 Å². The minimum atomic E-state index is -0.561. The van der Waals surface area contributed by atoms with Gasteiger partial charge in [-0.05, 0) is 40.9 Å². The summed E-state index contributed by atoms with van der Waals surface area (Å²) in [6, 6.07) is 2.32. The van der Waals surface area contributed by atoms with Gasteiger partial charge in [-0.2, -0.15) is 0 Å². The lowest BCUT2D eigenvalue weighted by Crippen LogP contribution is -2.46. The molecule has 6 heteroatoms. The van der Waals surface area contributed by atoms with Crippen LogP contribution in [0.2, 0.25) is 0 Å². The molecule has 1 aliphatic carbocycles. The maximum absolute atomic E-state index is 13.3. The van der Waals surface area contributed by atoms with Gasteiger partial charge < -0.3 is 15.7 Å². The summed E-state index contributed by atoms with van der Waals surface area (Å²) in [6.07, 6.45) is 2.94. The van der Waals surface area contributed by atoms with Gasteiger partial charge in [0.05, 0.1) is 23.4 Å². The number of aliphatic hydroxyl groups is 1. The zero-order valence-corrected chi connectivity index (χ0v) is 12.9. The molecule has 4 nitrogen and oxygen atoms in total. The third kappa shape index (κ3) is 2.96. The minimum absolute atomic E-state index is 0.0610. The number of amides is 1. The summed E-state index contributed by atoms with van der Waals surface area (Å²) in [5.41, 5.74) is 5.77. The molecule has 0 saturated heterocycles. The van der Waals surface area contributed by atoms with Gasteiger partial charge in [-0.3, -0.25) is 4.79 Å². The number of nitrogens with zero attached hydrogens (tertiary/aromatic N) is 1. The van der Waals surface area contributed by atoms with E-state index in [1.807, 2.05) is 0 Å². The molecule has 20 heavy (non-hydrogen) atoms. The van der Waals surface area contributed by atoms with Crippen LogP contribution in [0.25, 0.3) is 0 Å². The summed E-state index contributed by atoms with van der Waals surface area (Å²) in [7, 11) is 1.66. The van der Waals surface area contributed by atoms with Crippen molar-refractivity contribution in [1.82, 2.24) is 4.90 Å². The van der Waals surface area contributed by atoms with Gasteiger partial charge in [0, 0.05) is 11.5 Å². The van der Waals surface area contributed by atoms with Crippen LogP contribution in [-0.4, -0.2) is 35.1 Å². The van der Waals surface area contributed by atoms with Crippen molar-refractivity contribution in [3.63, 3.8) is 0 Å². The Bertz CT molecular complexity index is 524. The molecule has 1 fully saturated rings. The number of anilines is 1. The number of nitrogen functional groups attached to an aromatic ring is 1. The molecule has 1 aromatic carbocycles. The summed E-state index contributed by atoms with van der Waals surface area (Å²) >= 11 is 3.18. The standard InChI is InChI=1S/C14H18BrFN2O2/c1-18(12-4-2-3-5-13(12)19)14(20)8-6-11(17)10(16)7-9(8)15/h6-7,12-13,19H,2-5,17H2,1H3. The van der Waals surface area contributed by atoms with Crippen LogP contribution in [0.5, 0.6) is 0 Å². The molecular formula is C14H18BrFN2O2. The number of benzene rings is 1. The van der Waals surface area contributed by atoms with Gasteiger partial charge in [-0.15, -0.1) is 0 Å². The van der Waals surface area contributed by atoms with Gasteiger partial charge in [0.2, 0.25) is 0 Å². The lowest BCUT2D eigenvalue weighted by molar-refractivity contribution is 0.0267. The van der Waals surface area contributed by atoms with E-state index in [4.69, 9.17) is 5.73 Å². The number of carbonyl (C=O) groups excluding carboxylic acids is 1. The van der Waals surface area contributed by atoms with E-state index >= 15 is 0 Å². The van der Waals surface area contributed by atoms with Crippen molar-refractivity contribution >= 4 is 27.5 Å². The fourth-order valence-corrected chi connectivity index (χ4v) is 3.10. The molecule has 0 aliphatic heterocycles. The maximum atomic E-state index is 13.3. The van der Waals surface area contributed by atoms with Gasteiger partial charge in [0.25, 0.3) is 5.91 Å². The van der Waals surface area contributed by atoms with Gasteiger partial charge in [0.1, 0.15) is 5.82 Å². The van der Waals surface area contributed by atoms with Crippen molar-refractivity contribution < 1.29 is 14.3 Å². The number of halogens is 2. The predicted octanol–water partition coefficient (Wildman–Crippen LogP) is 2.55. The molecular weight excluding hydrogens is 327 g/mol. The Morgan fingerprint density at radius 1 is 1.45 bits per heavy atom. The SMILES string of the molecule is CN(C(=O)c1cc(N)c(F)cc1Br)C1CCCCC1O. The van der Waals surface area contributed by atoms with Crippen molar-refractivity contribution in [1.29, 1.82) is 0 Å². The largest absolute Gasteiger partial charge is 0.396 e. The molecule has 1 aliphatic rings. The quantitative estimate of drug-likeness (QED) is 0.810. The van der Waals surface area contributed by atoms with Gasteiger partial charge in [-0.1, -0.05) is 12.8 Å². The number of rotatable bonds is 2. The Hall–Kier alpha value is -1.14. The molecule has 1 amide bonds. The molecule has 2 rings (SSSR count). The fraction of sp³-hybridized carbons (Fsp3) is 0.500. The molecule has 0 bridgehead atoms. The number of hydrogen-bond donors (Lipinski definition) is 2. The predicted molar refractivity (Wildman–Crippen MR) is 78.9 cm³/mol. The fourth-order valence-electron chi connectivity index (χ4n) is 2.61. The molecule has 1 saturated carbocycles. The first kappa shape index (κ1) is 15.3. The first-order valence-electron chi connectivity index (χ1n) is 6.61. The highest BCUT2D eigenvalue weighted by Gasteiger charge is 2.30. The number of hydrogen-bond acceptors (Lipinski definition) is 3. The van der Waals surface area contributed by atoms with Gasteiger partial charge >= 0.3 is 0 Å². The summed E-state index contributed by atoms with van der Waals surface area (Å²) in [6.45, 7) is 0. The Kier molecular flexibility index (Phi) is 4.65. The summed E-state index contributed by atoms with van der Waals surface area (Å²) < 4.78 is 13.7. The Balaban J connectivity index is 2.24. The number of aliphatic hydroxyl groups excluding tert-OH is 1. The van der Waals surface area contributed by atoms with E-state index in [0.29, 0.717) is 16.5 Å². The van der Waals surface area contributed by atoms with Crippen molar-refractivity contribution in [2.24, 2.45) is 0 Å². The van der Waals surface area contributed by atoms with Crippen LogP contribution in [0.1, 0.15) is 36.0 Å². The van der Waals surface area contributed by atoms with Crippen molar-refractivity contribution in [2.45, 2.75) is 37.8 Å². The molecule has 0 radical (unpaired) electrons. The van der Waals surface area contributed by atoms with Crippen LogP contribution in [0.4, 0.5) is 10.1 Å². The molecule has 3 N–H and O–H groups in total. The van der Waals surface area contributed by atoms with E-state index in [9.17, 15) is 14.3 Å². The van der Waals surface area contributed by atoms with E-state index in [1.165, 1.54) is 17.0 Å². The monoisotopic (exact) mass is 344 g/mol. The molecule has 1 aromatic rings. The van der Waals surface area contributed by atoms with Crippen LogP contribution in [0.15, 0.2) is 16.6 Å². The van der Waals surface area contributed by atoms with Gasteiger partial charge in [0.15, 0.2) is 0 Å². The smallest absolute Gasteiger partial charge is 0.255 e. The van der Waals surface area contributed by atoms with E-state index in [2.05, 4.69) is 15.9 Å². The van der Waals surface area contributed by atoms with Gasteiger partial charge in [-0.25, -0.2) is 4.39 Å². The first-order valence-corrected chi connectivity index (χ1v) is 7.41. The van der Waals surface area contributed by atoms with Crippen LogP contribution in [-0.2, 0) is 0 Å². The van der Waals surface area contributed by atoms with Crippen molar-refractivity contribution in [3.05, 3.63) is 28.0 Å². The van der Waals surface area contributed by atoms with E-state index < -0.39 is 11.9 Å². The van der Waals surface area contributed by atoms with Crippen LogP contribution >= 0.6 is 15.9 Å². The second-order valence-electron chi connectivity index (χ2n) is 5.19. The first-order chi connectivity index (χ1) is 9.41. The maximum Gasteiger partial charge on any atom is 0.255 e. The average molecular weight is 345 g/mol. The zero-order valence-electron chi connectivity index (χ0n) is 11.3. The molecule has 2 atom stereocenters. The number of nitrogens with two attached hydrogens (primary N) is 1. The highest BCUT2D eigenvalue weighted by molar-refractivity contribution is 9.10. The third-order valence-corrected chi connectivity index (χ3v) is 4.48. The summed E-state index contributed by atoms with van der Waals surface area (Å²) in [5, 5.41) is 10.0. The Labute approximate surface area is 125 Å². The summed E-state index contributed by atoms with van der Waals surface area (Å²) in [5.74, 6) is -0.830. The normalized spacial score (nSPS) is 22.6. The van der Waals surface area contributed by atoms with Crippen LogP contribution in [0.3, 0.4) is 0 Å². The number of likely N-dealkylation sites (N-methyl/N-ethyl adjacent to an activating group) is 1. The van der Waals surface area contributed by atoms with Crippen LogP contribution < -0.4 is 5.73 Å². The van der Waals surface area contributed by atoms with E-state index in [-0.39, 0.29) is 17.6 Å². The van der Waals surface area contributed by atoms with E-state index in [0.717, 1.165) is 19.3 Å². The second-order valence-corrected chi connectivity index (χ2v) is 6.04. The van der Waals surface area contributed by atoms with Crippen molar-refractivity contribution in [3.8, 4) is 0 Å².